The number of benzene rings is 1. The number of para-hydroxylation sites is 1. The number of amides is 1. The number of nitrogens with zero attached hydrogens (tertiary/aromatic N) is 3. The van der Waals surface area contributed by atoms with Crippen molar-refractivity contribution < 1.29 is 19.4 Å². The molecule has 7 heteroatoms. The largest absolute Gasteiger partial charge is 0.496 e. The average Bonchev–Trinajstić information content (AvgIpc) is 3.54. The molecule has 1 saturated heterocycles. The van der Waals surface area contributed by atoms with Crippen molar-refractivity contribution in [2.24, 2.45) is 5.92 Å². The number of carboxylic acids is 1. The zero-order valence-electron chi connectivity index (χ0n) is 15.7. The maximum absolute atomic E-state index is 12.9. The van der Waals surface area contributed by atoms with Crippen LogP contribution in [-0.4, -0.2) is 60.2 Å². The predicted octanol–water partition coefficient (Wildman–Crippen LogP) is 2.24. The highest BCUT2D eigenvalue weighted by molar-refractivity contribution is 5.87. The molecule has 0 unspecified atom stereocenters. The summed E-state index contributed by atoms with van der Waals surface area (Å²) in [5.74, 6) is 1.11. The number of carboxylic acid groups (broad SMARTS) is 1. The average molecular weight is 381 g/mol. The van der Waals surface area contributed by atoms with E-state index >= 15 is 0 Å². The molecule has 0 radical (unpaired) electrons. The van der Waals surface area contributed by atoms with Crippen LogP contribution in [0.25, 0.3) is 0 Å². The summed E-state index contributed by atoms with van der Waals surface area (Å²) in [6.45, 7) is 2.68. The number of carbonyl (C=O) groups is 2. The van der Waals surface area contributed by atoms with E-state index in [9.17, 15) is 9.59 Å². The van der Waals surface area contributed by atoms with Gasteiger partial charge in [0.25, 0.3) is 0 Å². The van der Waals surface area contributed by atoms with Crippen LogP contribution >= 0.6 is 0 Å². The van der Waals surface area contributed by atoms with Gasteiger partial charge in [0.05, 0.1) is 12.7 Å². The molecule has 1 aromatic carbocycles. The Morgan fingerprint density at radius 3 is 2.50 bits per heavy atom. The molecule has 1 amide bonds. The van der Waals surface area contributed by atoms with E-state index in [1.165, 1.54) is 6.20 Å². The zero-order valence-corrected chi connectivity index (χ0v) is 15.7. The van der Waals surface area contributed by atoms with Gasteiger partial charge >= 0.3 is 5.97 Å². The first-order chi connectivity index (χ1) is 13.6. The molecule has 2 fully saturated rings. The molecule has 2 aliphatic rings. The van der Waals surface area contributed by atoms with Gasteiger partial charge in [0, 0.05) is 38.3 Å². The van der Waals surface area contributed by atoms with Gasteiger partial charge in [0.1, 0.15) is 11.6 Å². The molecule has 1 aromatic heterocycles. The van der Waals surface area contributed by atoms with Crippen LogP contribution < -0.4 is 9.64 Å². The van der Waals surface area contributed by atoms with Crippen molar-refractivity contribution >= 4 is 17.7 Å². The van der Waals surface area contributed by atoms with E-state index in [0.29, 0.717) is 26.2 Å². The molecule has 1 aliphatic carbocycles. The normalized spacial score (nSPS) is 21.3. The van der Waals surface area contributed by atoms with Crippen molar-refractivity contribution in [2.75, 3.05) is 38.2 Å². The van der Waals surface area contributed by atoms with Crippen molar-refractivity contribution in [1.29, 1.82) is 0 Å². The van der Waals surface area contributed by atoms with Crippen LogP contribution in [0.4, 0.5) is 5.82 Å². The minimum Gasteiger partial charge on any atom is -0.496 e. The highest BCUT2D eigenvalue weighted by Crippen LogP contribution is 2.51. The topological polar surface area (TPSA) is 83.0 Å². The van der Waals surface area contributed by atoms with Crippen LogP contribution in [-0.2, 0) is 4.79 Å². The Kier molecular flexibility index (Phi) is 4.90. The first kappa shape index (κ1) is 18.3. The van der Waals surface area contributed by atoms with Crippen molar-refractivity contribution in [2.45, 2.75) is 12.3 Å². The third-order valence-electron chi connectivity index (χ3n) is 5.56. The number of ether oxygens (including phenoxy) is 1. The number of aromatic carboxylic acids is 1. The Labute approximate surface area is 163 Å². The lowest BCUT2D eigenvalue weighted by atomic mass is 10.1. The number of methoxy groups -OCH3 is 1. The summed E-state index contributed by atoms with van der Waals surface area (Å²) >= 11 is 0. The van der Waals surface area contributed by atoms with Crippen molar-refractivity contribution in [3.63, 3.8) is 0 Å². The van der Waals surface area contributed by atoms with E-state index in [-0.39, 0.29) is 23.3 Å². The number of anilines is 1. The quantitative estimate of drug-likeness (QED) is 0.855. The lowest BCUT2D eigenvalue weighted by molar-refractivity contribution is -0.133. The number of piperazine rings is 1. The number of hydrogen-bond donors (Lipinski definition) is 1. The number of carbonyl (C=O) groups excluding carboxylic acids is 1. The molecule has 1 saturated carbocycles. The van der Waals surface area contributed by atoms with Crippen molar-refractivity contribution in [3.8, 4) is 5.75 Å². The summed E-state index contributed by atoms with van der Waals surface area (Å²) in [7, 11) is 1.66. The number of rotatable bonds is 5. The van der Waals surface area contributed by atoms with Crippen LogP contribution in [0, 0.1) is 5.92 Å². The van der Waals surface area contributed by atoms with Crippen molar-refractivity contribution in [3.05, 3.63) is 53.7 Å². The third kappa shape index (κ3) is 3.52. The molecule has 146 valence electrons. The van der Waals surface area contributed by atoms with Gasteiger partial charge in [-0.1, -0.05) is 18.2 Å². The van der Waals surface area contributed by atoms with Gasteiger partial charge in [-0.2, -0.15) is 0 Å². The van der Waals surface area contributed by atoms with E-state index in [4.69, 9.17) is 9.84 Å². The fourth-order valence-corrected chi connectivity index (χ4v) is 3.87. The van der Waals surface area contributed by atoms with Crippen LogP contribution in [0.5, 0.6) is 5.75 Å². The predicted molar refractivity (Wildman–Crippen MR) is 104 cm³/mol. The summed E-state index contributed by atoms with van der Waals surface area (Å²) in [6.07, 6.45) is 2.24. The van der Waals surface area contributed by atoms with E-state index in [0.717, 1.165) is 23.6 Å². The Bertz CT molecular complexity index is 875. The highest BCUT2D eigenvalue weighted by Gasteiger charge is 2.47. The van der Waals surface area contributed by atoms with Gasteiger partial charge in [-0.05, 0) is 36.1 Å². The number of hydrogen-bond acceptors (Lipinski definition) is 5. The van der Waals surface area contributed by atoms with Crippen LogP contribution in [0.3, 0.4) is 0 Å². The number of aromatic nitrogens is 1. The Hall–Kier alpha value is -3.09. The Morgan fingerprint density at radius 1 is 1.11 bits per heavy atom. The maximum atomic E-state index is 12.9. The van der Waals surface area contributed by atoms with Crippen LogP contribution in [0.1, 0.15) is 28.3 Å². The third-order valence-corrected chi connectivity index (χ3v) is 5.56. The maximum Gasteiger partial charge on any atom is 0.337 e. The van der Waals surface area contributed by atoms with Gasteiger partial charge in [-0.3, -0.25) is 4.79 Å². The Balaban J connectivity index is 1.34. The molecule has 2 atom stereocenters. The summed E-state index contributed by atoms with van der Waals surface area (Å²) < 4.78 is 5.43. The second-order valence-electron chi connectivity index (χ2n) is 7.21. The summed E-state index contributed by atoms with van der Waals surface area (Å²) in [4.78, 5) is 32.1. The van der Waals surface area contributed by atoms with Gasteiger partial charge in [-0.25, -0.2) is 9.78 Å². The second kappa shape index (κ2) is 7.50. The molecule has 0 bridgehead atoms. The van der Waals surface area contributed by atoms with E-state index in [2.05, 4.69) is 9.88 Å². The van der Waals surface area contributed by atoms with Gasteiger partial charge in [-0.15, -0.1) is 0 Å². The number of pyridine rings is 1. The molecule has 2 aromatic rings. The van der Waals surface area contributed by atoms with E-state index < -0.39 is 5.97 Å². The van der Waals surface area contributed by atoms with E-state index in [1.54, 1.807) is 19.2 Å². The fraction of sp³-hybridized carbons (Fsp3) is 0.381. The van der Waals surface area contributed by atoms with Gasteiger partial charge in [0.2, 0.25) is 5.91 Å². The molecular formula is C21H23N3O4. The molecule has 4 rings (SSSR count). The van der Waals surface area contributed by atoms with E-state index in [1.807, 2.05) is 29.2 Å². The fourth-order valence-electron chi connectivity index (χ4n) is 3.87. The monoisotopic (exact) mass is 381 g/mol. The lowest BCUT2D eigenvalue weighted by Crippen LogP contribution is -2.49. The zero-order chi connectivity index (χ0) is 19.7. The van der Waals surface area contributed by atoms with Crippen LogP contribution in [0.15, 0.2) is 42.6 Å². The smallest absolute Gasteiger partial charge is 0.337 e. The Morgan fingerprint density at radius 2 is 1.86 bits per heavy atom. The minimum atomic E-state index is -0.983. The van der Waals surface area contributed by atoms with Gasteiger partial charge in [0.15, 0.2) is 0 Å². The molecule has 2 heterocycles. The summed E-state index contributed by atoms with van der Waals surface area (Å²) in [6, 6.07) is 11.2. The SMILES string of the molecule is COc1ccccc1[C@@H]1C[C@H]1C(=O)N1CCN(c2ccc(C(=O)O)cn2)CC1. The van der Waals surface area contributed by atoms with Gasteiger partial charge < -0.3 is 19.6 Å². The summed E-state index contributed by atoms with van der Waals surface area (Å²) in [5.41, 5.74) is 1.29. The second-order valence-corrected chi connectivity index (χ2v) is 7.21. The van der Waals surface area contributed by atoms with Crippen molar-refractivity contribution in [1.82, 2.24) is 9.88 Å². The standard InChI is InChI=1S/C21H23N3O4/c1-28-18-5-3-2-4-15(18)16-12-17(16)20(25)24-10-8-23(9-11-24)19-7-6-14(13-22-19)21(26)27/h2-7,13,16-17H,8-12H2,1H3,(H,26,27)/t16-,17+/m0/s1. The first-order valence-electron chi connectivity index (χ1n) is 9.44. The molecular weight excluding hydrogens is 358 g/mol. The molecule has 7 nitrogen and oxygen atoms in total. The summed E-state index contributed by atoms with van der Waals surface area (Å²) in [5, 5.41) is 8.97. The molecule has 28 heavy (non-hydrogen) atoms. The van der Waals surface area contributed by atoms with Crippen LogP contribution in [0.2, 0.25) is 0 Å². The molecule has 0 spiro atoms. The molecule has 1 aliphatic heterocycles. The lowest BCUT2D eigenvalue weighted by Gasteiger charge is -2.35. The molecule has 1 N–H and O–H groups in total. The minimum absolute atomic E-state index is 0.0378. The first-order valence-corrected chi connectivity index (χ1v) is 9.44. The highest BCUT2D eigenvalue weighted by atomic mass is 16.5.